The molecule has 0 bridgehead atoms. The van der Waals surface area contributed by atoms with Gasteiger partial charge < -0.3 is 5.32 Å². The Hall–Kier alpha value is -1.66. The molecule has 0 fully saturated rings. The van der Waals surface area contributed by atoms with E-state index in [2.05, 4.69) is 26.1 Å². The van der Waals surface area contributed by atoms with Gasteiger partial charge in [-0.25, -0.2) is 13.2 Å². The molecule has 0 saturated carbocycles. The van der Waals surface area contributed by atoms with E-state index in [4.69, 9.17) is 11.6 Å². The number of nitrogens with one attached hydrogen (secondary N) is 1. The molecule has 0 heterocycles. The van der Waals surface area contributed by atoms with E-state index in [-0.39, 0.29) is 5.69 Å². The highest BCUT2D eigenvalue weighted by Gasteiger charge is 2.16. The summed E-state index contributed by atoms with van der Waals surface area (Å²) in [6, 6.07) is 6.29. The van der Waals surface area contributed by atoms with E-state index in [1.807, 2.05) is 0 Å². The average Bonchev–Trinajstić information content (AvgIpc) is 2.68. The zero-order valence-electron chi connectivity index (χ0n) is 16.7. The molecule has 0 saturated heterocycles. The van der Waals surface area contributed by atoms with E-state index >= 15 is 0 Å². The lowest BCUT2D eigenvalue weighted by Crippen LogP contribution is -2.13. The molecule has 0 spiro atoms. The minimum atomic E-state index is -1.57. The van der Waals surface area contributed by atoms with Crippen LogP contribution >= 0.6 is 23.4 Å². The van der Waals surface area contributed by atoms with Crippen molar-refractivity contribution < 1.29 is 18.0 Å². The van der Waals surface area contributed by atoms with Crippen molar-refractivity contribution in [2.75, 3.05) is 5.32 Å². The maximum Gasteiger partial charge on any atom is 0.255 e. The summed E-state index contributed by atoms with van der Waals surface area (Å²) in [7, 11) is 0. The third kappa shape index (κ3) is 6.68. The summed E-state index contributed by atoms with van der Waals surface area (Å²) >= 11 is 7.88. The molecule has 2 aromatic carbocycles. The predicted octanol–water partition coefficient (Wildman–Crippen LogP) is 7.71. The SMILES string of the molecule is CCC(CC)CCC(C)Sc1cc(C(=O)Nc2cc(F)c(F)c(F)c2)ccc1Cl. The second-order valence-corrected chi connectivity index (χ2v) is 8.93. The molecule has 7 heteroatoms. The van der Waals surface area contributed by atoms with Crippen LogP contribution in [0.3, 0.4) is 0 Å². The molecule has 0 aliphatic carbocycles. The van der Waals surface area contributed by atoms with Gasteiger partial charge in [-0.05, 0) is 37.0 Å². The molecule has 1 N–H and O–H groups in total. The lowest BCUT2D eigenvalue weighted by molar-refractivity contribution is 0.102. The van der Waals surface area contributed by atoms with Crippen molar-refractivity contribution in [1.82, 2.24) is 0 Å². The maximum atomic E-state index is 13.3. The summed E-state index contributed by atoms with van der Waals surface area (Å²) in [6.07, 6.45) is 4.50. The van der Waals surface area contributed by atoms with E-state index < -0.39 is 23.4 Å². The van der Waals surface area contributed by atoms with Crippen LogP contribution in [0.2, 0.25) is 5.02 Å². The van der Waals surface area contributed by atoms with Crippen molar-refractivity contribution in [3.05, 3.63) is 58.4 Å². The minimum Gasteiger partial charge on any atom is -0.322 e. The van der Waals surface area contributed by atoms with E-state index in [9.17, 15) is 18.0 Å². The fraction of sp³-hybridized carbons (Fsp3) is 0.409. The van der Waals surface area contributed by atoms with Crippen LogP contribution in [0.4, 0.5) is 18.9 Å². The normalized spacial score (nSPS) is 12.3. The Morgan fingerprint density at radius 3 is 2.28 bits per heavy atom. The number of benzene rings is 2. The van der Waals surface area contributed by atoms with E-state index in [0.29, 0.717) is 21.8 Å². The van der Waals surface area contributed by atoms with Gasteiger partial charge in [0.1, 0.15) is 0 Å². The standard InChI is InChI=1S/C22H25ClF3NOS/c1-4-14(5-2)7-6-13(3)29-20-10-15(8-9-17(20)23)22(28)27-16-11-18(24)21(26)19(25)12-16/h8-14H,4-7H2,1-3H3,(H,27,28). The number of carbonyl (C=O) groups is 1. The van der Waals surface area contributed by atoms with Crippen molar-refractivity contribution in [3.63, 3.8) is 0 Å². The number of rotatable bonds is 9. The quantitative estimate of drug-likeness (QED) is 0.317. The number of thioether (sulfide) groups is 1. The largest absolute Gasteiger partial charge is 0.322 e. The second kappa shape index (κ2) is 10.9. The molecule has 0 radical (unpaired) electrons. The van der Waals surface area contributed by atoms with Crippen LogP contribution in [0, 0.1) is 23.4 Å². The first-order valence-electron chi connectivity index (χ1n) is 9.67. The van der Waals surface area contributed by atoms with Gasteiger partial charge in [0.05, 0.1) is 5.02 Å². The van der Waals surface area contributed by atoms with Gasteiger partial charge in [-0.3, -0.25) is 4.79 Å². The van der Waals surface area contributed by atoms with Crippen LogP contribution in [0.25, 0.3) is 0 Å². The van der Waals surface area contributed by atoms with Crippen LogP contribution in [0.5, 0.6) is 0 Å². The molecule has 2 nitrogen and oxygen atoms in total. The Morgan fingerprint density at radius 1 is 1.07 bits per heavy atom. The Bertz CT molecular complexity index is 835. The monoisotopic (exact) mass is 443 g/mol. The number of anilines is 1. The molecular formula is C22H25ClF3NOS. The molecule has 1 unspecified atom stereocenters. The van der Waals surface area contributed by atoms with Crippen molar-refractivity contribution in [2.45, 2.75) is 56.6 Å². The van der Waals surface area contributed by atoms with Crippen molar-refractivity contribution >= 4 is 35.0 Å². The number of hydrogen-bond donors (Lipinski definition) is 1. The van der Waals surface area contributed by atoms with E-state index in [1.165, 1.54) is 6.07 Å². The zero-order valence-corrected chi connectivity index (χ0v) is 18.3. The number of hydrogen-bond acceptors (Lipinski definition) is 2. The first-order chi connectivity index (χ1) is 13.7. The van der Waals surface area contributed by atoms with Crippen molar-refractivity contribution in [2.24, 2.45) is 5.92 Å². The molecule has 158 valence electrons. The predicted molar refractivity (Wildman–Crippen MR) is 114 cm³/mol. The summed E-state index contributed by atoms with van der Waals surface area (Å²) in [5.74, 6) is -4.14. The third-order valence-electron chi connectivity index (χ3n) is 4.90. The molecule has 1 amide bonds. The second-order valence-electron chi connectivity index (χ2n) is 7.04. The molecule has 0 aliphatic heterocycles. The lowest BCUT2D eigenvalue weighted by atomic mass is 9.97. The number of halogens is 4. The topological polar surface area (TPSA) is 29.1 Å². The van der Waals surface area contributed by atoms with Crippen molar-refractivity contribution in [3.8, 4) is 0 Å². The third-order valence-corrected chi connectivity index (χ3v) is 6.57. The summed E-state index contributed by atoms with van der Waals surface area (Å²) < 4.78 is 39.8. The van der Waals surface area contributed by atoms with Gasteiger partial charge in [0.2, 0.25) is 0 Å². The molecule has 2 rings (SSSR count). The lowest BCUT2D eigenvalue weighted by Gasteiger charge is -2.17. The Morgan fingerprint density at radius 2 is 1.69 bits per heavy atom. The fourth-order valence-corrected chi connectivity index (χ4v) is 4.32. The smallest absolute Gasteiger partial charge is 0.255 e. The molecule has 29 heavy (non-hydrogen) atoms. The highest BCUT2D eigenvalue weighted by atomic mass is 35.5. The summed E-state index contributed by atoms with van der Waals surface area (Å²) in [5, 5.41) is 3.25. The van der Waals surface area contributed by atoms with Gasteiger partial charge >= 0.3 is 0 Å². The van der Waals surface area contributed by atoms with Gasteiger partial charge in [0.15, 0.2) is 17.5 Å². The molecule has 0 aromatic heterocycles. The first kappa shape index (κ1) is 23.6. The molecular weight excluding hydrogens is 419 g/mol. The van der Waals surface area contributed by atoms with Crippen LogP contribution in [0.1, 0.15) is 56.8 Å². The molecule has 2 aromatic rings. The van der Waals surface area contributed by atoms with Gasteiger partial charge in [-0.15, -0.1) is 11.8 Å². The number of amides is 1. The van der Waals surface area contributed by atoms with Crippen LogP contribution in [-0.2, 0) is 0 Å². The highest BCUT2D eigenvalue weighted by Crippen LogP contribution is 2.34. The van der Waals surface area contributed by atoms with Crippen molar-refractivity contribution in [1.29, 1.82) is 0 Å². The highest BCUT2D eigenvalue weighted by molar-refractivity contribution is 8.00. The zero-order chi connectivity index (χ0) is 21.6. The molecule has 1 atom stereocenters. The van der Waals surface area contributed by atoms with Gasteiger partial charge in [-0.2, -0.15) is 0 Å². The van der Waals surface area contributed by atoms with Gasteiger partial charge in [0.25, 0.3) is 5.91 Å². The van der Waals surface area contributed by atoms with Crippen LogP contribution < -0.4 is 5.32 Å². The Balaban J connectivity index is 2.08. The summed E-state index contributed by atoms with van der Waals surface area (Å²) in [6.45, 7) is 6.52. The average molecular weight is 444 g/mol. The van der Waals surface area contributed by atoms with E-state index in [1.54, 1.807) is 23.9 Å². The van der Waals surface area contributed by atoms with E-state index in [0.717, 1.165) is 42.7 Å². The summed E-state index contributed by atoms with van der Waals surface area (Å²) in [5.41, 5.74) is 0.142. The van der Waals surface area contributed by atoms with Gasteiger partial charge in [0, 0.05) is 33.5 Å². The van der Waals surface area contributed by atoms with Crippen LogP contribution in [0.15, 0.2) is 35.2 Å². The van der Waals surface area contributed by atoms with Gasteiger partial charge in [-0.1, -0.05) is 45.2 Å². The Kier molecular flexibility index (Phi) is 8.90. The Labute approximate surface area is 179 Å². The molecule has 0 aliphatic rings. The fourth-order valence-electron chi connectivity index (χ4n) is 3.01. The van der Waals surface area contributed by atoms with Crippen LogP contribution in [-0.4, -0.2) is 11.2 Å². The minimum absolute atomic E-state index is 0.158. The first-order valence-corrected chi connectivity index (χ1v) is 10.9. The summed E-state index contributed by atoms with van der Waals surface area (Å²) in [4.78, 5) is 13.2. The maximum absolute atomic E-state index is 13.3. The number of carbonyl (C=O) groups excluding carboxylic acids is 1.